The molecule has 0 unspecified atom stereocenters. The molecule has 2 heterocycles. The minimum atomic E-state index is 0.557. The lowest BCUT2D eigenvalue weighted by Crippen LogP contribution is -2.03. The van der Waals surface area contributed by atoms with Gasteiger partial charge in [-0.15, -0.1) is 0 Å². The van der Waals surface area contributed by atoms with Crippen LogP contribution < -0.4 is 5.73 Å². The van der Waals surface area contributed by atoms with Crippen molar-refractivity contribution in [3.8, 4) is 0 Å². The van der Waals surface area contributed by atoms with E-state index in [4.69, 9.17) is 17.3 Å². The first-order valence-corrected chi connectivity index (χ1v) is 4.93. The lowest BCUT2D eigenvalue weighted by atomic mass is 10.2. The molecule has 4 heteroatoms. The van der Waals surface area contributed by atoms with Gasteiger partial charge in [0.2, 0.25) is 0 Å². The molecule has 0 aliphatic rings. The Morgan fingerprint density at radius 3 is 3.07 bits per heavy atom. The highest BCUT2D eigenvalue weighted by Gasteiger charge is 2.05. The number of nitrogens with two attached hydrogens (primary N) is 1. The number of nitrogens with zero attached hydrogens (tertiary/aromatic N) is 2. The highest BCUT2D eigenvalue weighted by atomic mass is 35.5. The zero-order valence-electron chi connectivity index (χ0n) is 8.00. The van der Waals surface area contributed by atoms with Gasteiger partial charge in [-0.05, 0) is 37.6 Å². The third-order valence-corrected chi connectivity index (χ3v) is 2.55. The number of hydrogen-bond donors (Lipinski definition) is 1. The summed E-state index contributed by atoms with van der Waals surface area (Å²) in [5.74, 6) is 0.907. The van der Waals surface area contributed by atoms with Crippen LogP contribution in [0.25, 0.3) is 5.52 Å². The second-order valence-electron chi connectivity index (χ2n) is 3.28. The molecule has 0 radical (unpaired) electrons. The van der Waals surface area contributed by atoms with E-state index < -0.39 is 0 Å². The van der Waals surface area contributed by atoms with Gasteiger partial charge in [0.05, 0.1) is 5.52 Å². The van der Waals surface area contributed by atoms with Gasteiger partial charge in [-0.25, -0.2) is 4.98 Å². The predicted octanol–water partition coefficient (Wildman–Crippen LogP) is 1.80. The first kappa shape index (κ1) is 9.49. The highest BCUT2D eigenvalue weighted by molar-refractivity contribution is 6.32. The Morgan fingerprint density at radius 1 is 1.57 bits per heavy atom. The van der Waals surface area contributed by atoms with Gasteiger partial charge in [0.1, 0.15) is 5.82 Å². The molecule has 2 aromatic heterocycles. The fourth-order valence-corrected chi connectivity index (χ4v) is 1.83. The lowest BCUT2D eigenvalue weighted by Gasteiger charge is -2.00. The number of halogens is 1. The molecular weight excluding hydrogens is 198 g/mol. The third-order valence-electron chi connectivity index (χ3n) is 2.27. The van der Waals surface area contributed by atoms with E-state index in [1.165, 1.54) is 5.56 Å². The summed E-state index contributed by atoms with van der Waals surface area (Å²) < 4.78 is 1.97. The van der Waals surface area contributed by atoms with Crippen molar-refractivity contribution in [2.24, 2.45) is 5.73 Å². The molecule has 0 aliphatic heterocycles. The predicted molar refractivity (Wildman–Crippen MR) is 57.7 cm³/mol. The van der Waals surface area contributed by atoms with E-state index in [0.29, 0.717) is 11.7 Å². The lowest BCUT2D eigenvalue weighted by molar-refractivity contribution is 0.958. The number of fused-ring (bicyclic) bond motifs is 1. The van der Waals surface area contributed by atoms with Gasteiger partial charge in [-0.1, -0.05) is 11.6 Å². The van der Waals surface area contributed by atoms with Crippen LogP contribution in [0.4, 0.5) is 0 Å². The Balaban J connectivity index is 2.59. The molecule has 0 aliphatic carbocycles. The molecule has 74 valence electrons. The highest BCUT2D eigenvalue weighted by Crippen LogP contribution is 2.19. The van der Waals surface area contributed by atoms with Crippen molar-refractivity contribution >= 4 is 17.1 Å². The van der Waals surface area contributed by atoms with E-state index >= 15 is 0 Å². The van der Waals surface area contributed by atoms with E-state index in [1.807, 2.05) is 29.7 Å². The fraction of sp³-hybridized carbons (Fsp3) is 0.300. The number of imidazole rings is 1. The van der Waals surface area contributed by atoms with Crippen molar-refractivity contribution in [3.63, 3.8) is 0 Å². The molecule has 2 rings (SSSR count). The molecule has 0 amide bonds. The molecule has 0 atom stereocenters. The monoisotopic (exact) mass is 209 g/mol. The molecule has 14 heavy (non-hydrogen) atoms. The fourth-order valence-electron chi connectivity index (χ4n) is 1.56. The van der Waals surface area contributed by atoms with Crippen LogP contribution in [0.1, 0.15) is 11.4 Å². The summed E-state index contributed by atoms with van der Waals surface area (Å²) in [4.78, 5) is 4.19. The smallest absolute Gasteiger partial charge is 0.155 e. The Kier molecular flexibility index (Phi) is 2.44. The Hall–Kier alpha value is -1.06. The number of aromatic nitrogens is 2. The van der Waals surface area contributed by atoms with Crippen LogP contribution in [0.2, 0.25) is 5.15 Å². The number of aryl methyl sites for hydroxylation is 1. The third kappa shape index (κ3) is 1.49. The Morgan fingerprint density at radius 2 is 2.36 bits per heavy atom. The summed E-state index contributed by atoms with van der Waals surface area (Å²) in [6, 6.07) is 4.08. The SMILES string of the molecule is Cc1nc(Cl)c2cc(CCN)ccn12. The first-order valence-electron chi connectivity index (χ1n) is 4.55. The minimum Gasteiger partial charge on any atom is -0.330 e. The molecule has 2 aromatic rings. The Bertz CT molecular complexity index is 462. The molecule has 0 aromatic carbocycles. The van der Waals surface area contributed by atoms with Crippen molar-refractivity contribution in [2.75, 3.05) is 6.54 Å². The van der Waals surface area contributed by atoms with E-state index in [1.54, 1.807) is 0 Å². The number of hydrogen-bond acceptors (Lipinski definition) is 2. The standard InChI is InChI=1S/C10H12ClN3/c1-7-13-10(11)9-6-8(2-4-12)3-5-14(7)9/h3,5-6H,2,4,12H2,1H3. The van der Waals surface area contributed by atoms with Gasteiger partial charge in [0.25, 0.3) is 0 Å². The minimum absolute atomic E-state index is 0.557. The maximum absolute atomic E-state index is 5.99. The molecule has 2 N–H and O–H groups in total. The van der Waals surface area contributed by atoms with Crippen LogP contribution >= 0.6 is 11.6 Å². The average molecular weight is 210 g/mol. The molecule has 3 nitrogen and oxygen atoms in total. The maximum atomic E-state index is 5.99. The second-order valence-corrected chi connectivity index (χ2v) is 3.64. The molecular formula is C10H12ClN3. The number of pyridine rings is 1. The van der Waals surface area contributed by atoms with E-state index in [0.717, 1.165) is 17.8 Å². The number of rotatable bonds is 2. The summed E-state index contributed by atoms with van der Waals surface area (Å²) in [6.45, 7) is 2.59. The van der Waals surface area contributed by atoms with Crippen molar-refractivity contribution in [1.29, 1.82) is 0 Å². The second kappa shape index (κ2) is 3.59. The zero-order valence-corrected chi connectivity index (χ0v) is 8.75. The van der Waals surface area contributed by atoms with Crippen LogP contribution in [0.15, 0.2) is 18.3 Å². The summed E-state index contributed by atoms with van der Waals surface area (Å²) in [7, 11) is 0. The van der Waals surface area contributed by atoms with Gasteiger partial charge in [0, 0.05) is 6.20 Å². The van der Waals surface area contributed by atoms with E-state index in [2.05, 4.69) is 4.98 Å². The molecule has 0 fully saturated rings. The van der Waals surface area contributed by atoms with Crippen LogP contribution in [0.5, 0.6) is 0 Å². The Labute approximate surface area is 87.5 Å². The van der Waals surface area contributed by atoms with Gasteiger partial charge < -0.3 is 10.1 Å². The average Bonchev–Trinajstić information content (AvgIpc) is 2.43. The van der Waals surface area contributed by atoms with Gasteiger partial charge >= 0.3 is 0 Å². The summed E-state index contributed by atoms with van der Waals surface area (Å²) in [5.41, 5.74) is 7.64. The topological polar surface area (TPSA) is 43.3 Å². The summed E-state index contributed by atoms with van der Waals surface area (Å²) in [5, 5.41) is 0.557. The van der Waals surface area contributed by atoms with Crippen molar-refractivity contribution < 1.29 is 0 Å². The first-order chi connectivity index (χ1) is 6.72. The van der Waals surface area contributed by atoms with Crippen molar-refractivity contribution in [1.82, 2.24) is 9.38 Å². The van der Waals surface area contributed by atoms with Crippen LogP contribution in [0, 0.1) is 6.92 Å². The van der Waals surface area contributed by atoms with Crippen LogP contribution in [0.3, 0.4) is 0 Å². The van der Waals surface area contributed by atoms with Gasteiger partial charge in [-0.2, -0.15) is 0 Å². The molecule has 0 saturated carbocycles. The van der Waals surface area contributed by atoms with Crippen molar-refractivity contribution in [3.05, 3.63) is 34.9 Å². The maximum Gasteiger partial charge on any atom is 0.155 e. The van der Waals surface area contributed by atoms with E-state index in [9.17, 15) is 0 Å². The van der Waals surface area contributed by atoms with Gasteiger partial charge in [-0.3, -0.25) is 0 Å². The van der Waals surface area contributed by atoms with Gasteiger partial charge in [0.15, 0.2) is 5.15 Å². The quantitative estimate of drug-likeness (QED) is 0.820. The van der Waals surface area contributed by atoms with E-state index in [-0.39, 0.29) is 0 Å². The zero-order chi connectivity index (χ0) is 10.1. The largest absolute Gasteiger partial charge is 0.330 e. The molecule has 0 spiro atoms. The summed E-state index contributed by atoms with van der Waals surface area (Å²) in [6.07, 6.45) is 2.85. The van der Waals surface area contributed by atoms with Crippen LogP contribution in [-0.4, -0.2) is 15.9 Å². The van der Waals surface area contributed by atoms with Crippen molar-refractivity contribution in [2.45, 2.75) is 13.3 Å². The van der Waals surface area contributed by atoms with Crippen LogP contribution in [-0.2, 0) is 6.42 Å². The normalized spacial score (nSPS) is 11.1. The molecule has 0 saturated heterocycles. The molecule has 0 bridgehead atoms. The summed E-state index contributed by atoms with van der Waals surface area (Å²) >= 11 is 5.99.